The van der Waals surface area contributed by atoms with Crippen LogP contribution in [0.4, 0.5) is 4.39 Å². The molecule has 1 heterocycles. The van der Waals surface area contributed by atoms with Crippen LogP contribution in [0.5, 0.6) is 0 Å². The largest absolute Gasteiger partial charge is 0.315 e. The molecule has 2 rings (SSSR count). The lowest BCUT2D eigenvalue weighted by molar-refractivity contribution is 0.628. The van der Waals surface area contributed by atoms with Gasteiger partial charge in [0.2, 0.25) is 0 Å². The lowest BCUT2D eigenvalue weighted by Gasteiger charge is -1.96. The summed E-state index contributed by atoms with van der Waals surface area (Å²) in [6.07, 6.45) is 0.906. The topological polar surface area (TPSA) is 24.9 Å². The van der Waals surface area contributed by atoms with Crippen molar-refractivity contribution in [3.05, 3.63) is 40.7 Å². The molecule has 4 heteroatoms. The van der Waals surface area contributed by atoms with Gasteiger partial charge in [0.1, 0.15) is 10.8 Å². The normalized spacial score (nSPS) is 10.8. The summed E-state index contributed by atoms with van der Waals surface area (Å²) in [5.74, 6) is -0.217. The Hall–Kier alpha value is -1.26. The predicted octanol–water partition coefficient (Wildman–Crippen LogP) is 3.23. The number of benzene rings is 1. The van der Waals surface area contributed by atoms with Crippen LogP contribution in [0.25, 0.3) is 10.6 Å². The third kappa shape index (κ3) is 2.70. The maximum absolute atomic E-state index is 13.2. The van der Waals surface area contributed by atoms with E-state index in [0.29, 0.717) is 0 Å². The van der Waals surface area contributed by atoms with Crippen molar-refractivity contribution >= 4 is 11.3 Å². The maximum atomic E-state index is 13.2. The van der Waals surface area contributed by atoms with Gasteiger partial charge in [0.15, 0.2) is 0 Å². The molecule has 2 aromatic rings. The number of halogens is 1. The zero-order chi connectivity index (χ0) is 12.3. The van der Waals surface area contributed by atoms with Gasteiger partial charge in [-0.1, -0.05) is 19.1 Å². The van der Waals surface area contributed by atoms with Gasteiger partial charge in [-0.25, -0.2) is 9.37 Å². The zero-order valence-electron chi connectivity index (χ0n) is 9.96. The van der Waals surface area contributed by atoms with Gasteiger partial charge in [0.05, 0.1) is 5.69 Å². The first kappa shape index (κ1) is 12.2. The first-order valence-corrected chi connectivity index (χ1v) is 6.45. The number of rotatable bonds is 4. The van der Waals surface area contributed by atoms with Gasteiger partial charge in [0.25, 0.3) is 0 Å². The van der Waals surface area contributed by atoms with Crippen molar-refractivity contribution in [2.75, 3.05) is 7.05 Å². The number of aromatic nitrogens is 1. The van der Waals surface area contributed by atoms with Crippen molar-refractivity contribution in [2.24, 2.45) is 0 Å². The number of nitrogens with zero attached hydrogens (tertiary/aromatic N) is 1. The van der Waals surface area contributed by atoms with E-state index < -0.39 is 0 Å². The standard InChI is InChI=1S/C13H15FN2S/c1-3-11-12(8-15-2)17-13(16-11)9-5-4-6-10(14)7-9/h4-7,15H,3,8H2,1-2H3. The molecule has 0 aliphatic heterocycles. The van der Waals surface area contributed by atoms with Crippen LogP contribution in [0.1, 0.15) is 17.5 Å². The van der Waals surface area contributed by atoms with Gasteiger partial charge in [-0.2, -0.15) is 0 Å². The molecular formula is C13H15FN2S. The first-order valence-electron chi connectivity index (χ1n) is 5.63. The maximum Gasteiger partial charge on any atom is 0.124 e. The zero-order valence-corrected chi connectivity index (χ0v) is 10.8. The third-order valence-corrected chi connectivity index (χ3v) is 3.67. The summed E-state index contributed by atoms with van der Waals surface area (Å²) in [5.41, 5.74) is 1.95. The molecule has 0 saturated carbocycles. The van der Waals surface area contributed by atoms with Gasteiger partial charge in [-0.05, 0) is 25.6 Å². The van der Waals surface area contributed by atoms with Crippen LogP contribution >= 0.6 is 11.3 Å². The SMILES string of the molecule is CCc1nc(-c2cccc(F)c2)sc1CNC. The highest BCUT2D eigenvalue weighted by atomic mass is 32.1. The van der Waals surface area contributed by atoms with Crippen molar-refractivity contribution in [1.29, 1.82) is 0 Å². The molecule has 17 heavy (non-hydrogen) atoms. The molecule has 1 aromatic heterocycles. The molecule has 0 spiro atoms. The van der Waals surface area contributed by atoms with Gasteiger partial charge < -0.3 is 5.32 Å². The number of aryl methyl sites for hydroxylation is 1. The van der Waals surface area contributed by atoms with E-state index in [1.54, 1.807) is 17.4 Å². The second-order valence-electron chi connectivity index (χ2n) is 3.78. The van der Waals surface area contributed by atoms with Gasteiger partial charge >= 0.3 is 0 Å². The molecule has 0 atom stereocenters. The van der Waals surface area contributed by atoms with E-state index in [1.165, 1.54) is 17.0 Å². The minimum Gasteiger partial charge on any atom is -0.315 e. The van der Waals surface area contributed by atoms with Crippen LogP contribution in [0, 0.1) is 5.82 Å². The molecule has 0 radical (unpaired) electrons. The second-order valence-corrected chi connectivity index (χ2v) is 4.87. The van der Waals surface area contributed by atoms with Crippen molar-refractivity contribution in [1.82, 2.24) is 10.3 Å². The summed E-state index contributed by atoms with van der Waals surface area (Å²) in [7, 11) is 1.92. The number of hydrogen-bond donors (Lipinski definition) is 1. The highest BCUT2D eigenvalue weighted by Crippen LogP contribution is 2.28. The van der Waals surface area contributed by atoms with Gasteiger partial charge in [-0.3, -0.25) is 0 Å². The first-order chi connectivity index (χ1) is 8.24. The molecule has 2 nitrogen and oxygen atoms in total. The number of hydrogen-bond acceptors (Lipinski definition) is 3. The van der Waals surface area contributed by atoms with E-state index in [0.717, 1.165) is 29.2 Å². The Morgan fingerprint density at radius 2 is 2.24 bits per heavy atom. The van der Waals surface area contributed by atoms with Gasteiger partial charge in [-0.15, -0.1) is 11.3 Å². The average Bonchev–Trinajstić information content (AvgIpc) is 2.73. The minimum absolute atomic E-state index is 0.217. The minimum atomic E-state index is -0.217. The van der Waals surface area contributed by atoms with Crippen LogP contribution < -0.4 is 5.32 Å². The monoisotopic (exact) mass is 250 g/mol. The summed E-state index contributed by atoms with van der Waals surface area (Å²) in [4.78, 5) is 5.80. The summed E-state index contributed by atoms with van der Waals surface area (Å²) < 4.78 is 13.2. The molecular weight excluding hydrogens is 235 g/mol. The van der Waals surface area contributed by atoms with Crippen molar-refractivity contribution in [3.63, 3.8) is 0 Å². The fourth-order valence-electron chi connectivity index (χ4n) is 1.70. The molecule has 0 amide bonds. The Morgan fingerprint density at radius 1 is 1.41 bits per heavy atom. The smallest absolute Gasteiger partial charge is 0.124 e. The molecule has 1 aromatic carbocycles. The highest BCUT2D eigenvalue weighted by Gasteiger charge is 2.10. The van der Waals surface area contributed by atoms with Crippen molar-refractivity contribution in [2.45, 2.75) is 19.9 Å². The van der Waals surface area contributed by atoms with Crippen LogP contribution in [0.15, 0.2) is 24.3 Å². The molecule has 0 unspecified atom stereocenters. The molecule has 0 bridgehead atoms. The molecule has 0 aliphatic carbocycles. The Kier molecular flexibility index (Phi) is 3.86. The molecule has 0 saturated heterocycles. The highest BCUT2D eigenvalue weighted by molar-refractivity contribution is 7.15. The Bertz CT molecular complexity index is 508. The van der Waals surface area contributed by atoms with Crippen LogP contribution in [-0.2, 0) is 13.0 Å². The van der Waals surface area contributed by atoms with E-state index in [1.807, 2.05) is 13.1 Å². The van der Waals surface area contributed by atoms with Crippen LogP contribution in [0.3, 0.4) is 0 Å². The van der Waals surface area contributed by atoms with E-state index in [-0.39, 0.29) is 5.82 Å². The fraction of sp³-hybridized carbons (Fsp3) is 0.308. The van der Waals surface area contributed by atoms with E-state index >= 15 is 0 Å². The summed E-state index contributed by atoms with van der Waals surface area (Å²) in [6.45, 7) is 2.90. The Morgan fingerprint density at radius 3 is 2.88 bits per heavy atom. The summed E-state index contributed by atoms with van der Waals surface area (Å²) in [6, 6.07) is 6.59. The lowest BCUT2D eigenvalue weighted by Crippen LogP contribution is -2.05. The van der Waals surface area contributed by atoms with Crippen LogP contribution in [0.2, 0.25) is 0 Å². The molecule has 0 aliphatic rings. The van der Waals surface area contributed by atoms with Crippen LogP contribution in [-0.4, -0.2) is 12.0 Å². The van der Waals surface area contributed by atoms with E-state index in [4.69, 9.17) is 0 Å². The van der Waals surface area contributed by atoms with E-state index in [9.17, 15) is 4.39 Å². The van der Waals surface area contributed by atoms with Gasteiger partial charge in [0, 0.05) is 17.0 Å². The second kappa shape index (κ2) is 5.38. The lowest BCUT2D eigenvalue weighted by atomic mass is 10.2. The van der Waals surface area contributed by atoms with Crippen molar-refractivity contribution in [3.8, 4) is 10.6 Å². The number of thiazole rings is 1. The third-order valence-electron chi connectivity index (χ3n) is 2.52. The summed E-state index contributed by atoms with van der Waals surface area (Å²) >= 11 is 1.63. The Balaban J connectivity index is 2.39. The molecule has 1 N–H and O–H groups in total. The predicted molar refractivity (Wildman–Crippen MR) is 69.6 cm³/mol. The quantitative estimate of drug-likeness (QED) is 0.901. The fourth-order valence-corrected chi connectivity index (χ4v) is 2.86. The molecule has 90 valence electrons. The molecule has 0 fully saturated rings. The Labute approximate surface area is 105 Å². The van der Waals surface area contributed by atoms with E-state index in [2.05, 4.69) is 17.2 Å². The number of nitrogens with one attached hydrogen (secondary N) is 1. The van der Waals surface area contributed by atoms with Crippen molar-refractivity contribution < 1.29 is 4.39 Å². The average molecular weight is 250 g/mol. The summed E-state index contributed by atoms with van der Waals surface area (Å²) in [5, 5.41) is 4.03.